The van der Waals surface area contributed by atoms with Gasteiger partial charge >= 0.3 is 0 Å². The molecule has 9 heteroatoms. The average Bonchev–Trinajstić information content (AvgIpc) is 2.69. The number of hydrogen-bond donors (Lipinski definition) is 4. The van der Waals surface area contributed by atoms with E-state index < -0.39 is 28.9 Å². The quantitative estimate of drug-likeness (QED) is 0.561. The molecule has 0 aromatic heterocycles. The number of aliphatic imine (C=N–C) groups is 1. The summed E-state index contributed by atoms with van der Waals surface area (Å²) < 4.78 is 0. The Kier molecular flexibility index (Phi) is 4.53. The SMILES string of the molecule is CC1(C)N=N/C(=N\[C@@H]2S[C@H](CO)[C@@H](O)[C@H](O)[C@H]2O)S1. The molecule has 19 heavy (non-hydrogen) atoms. The van der Waals surface area contributed by atoms with Gasteiger partial charge in [0.1, 0.15) is 22.5 Å². The van der Waals surface area contributed by atoms with Crippen LogP contribution in [0, 0.1) is 0 Å². The van der Waals surface area contributed by atoms with Crippen molar-refractivity contribution in [1.29, 1.82) is 0 Å². The highest BCUT2D eigenvalue weighted by Crippen LogP contribution is 2.38. The Morgan fingerprint density at radius 3 is 2.42 bits per heavy atom. The van der Waals surface area contributed by atoms with Gasteiger partial charge in [0.15, 0.2) is 0 Å². The van der Waals surface area contributed by atoms with Crippen LogP contribution in [0.4, 0.5) is 0 Å². The highest BCUT2D eigenvalue weighted by molar-refractivity contribution is 8.15. The molecule has 0 aromatic carbocycles. The first-order valence-electron chi connectivity index (χ1n) is 5.84. The molecule has 0 amide bonds. The van der Waals surface area contributed by atoms with Gasteiger partial charge in [0.05, 0.1) is 18.0 Å². The van der Waals surface area contributed by atoms with Crippen LogP contribution in [0.3, 0.4) is 0 Å². The molecule has 2 heterocycles. The van der Waals surface area contributed by atoms with Gasteiger partial charge in [-0.05, 0) is 13.8 Å². The van der Waals surface area contributed by atoms with Gasteiger partial charge < -0.3 is 20.4 Å². The van der Waals surface area contributed by atoms with E-state index in [0.29, 0.717) is 5.17 Å². The summed E-state index contributed by atoms with van der Waals surface area (Å²) in [5.41, 5.74) is 0. The lowest BCUT2D eigenvalue weighted by Crippen LogP contribution is -2.53. The van der Waals surface area contributed by atoms with Crippen LogP contribution in [0.2, 0.25) is 0 Å². The molecule has 0 aliphatic carbocycles. The van der Waals surface area contributed by atoms with Crippen LogP contribution in [0.5, 0.6) is 0 Å². The van der Waals surface area contributed by atoms with Crippen molar-refractivity contribution in [2.75, 3.05) is 6.61 Å². The average molecular weight is 307 g/mol. The van der Waals surface area contributed by atoms with Gasteiger partial charge in [-0.25, -0.2) is 4.99 Å². The van der Waals surface area contributed by atoms with Crippen LogP contribution in [0.1, 0.15) is 13.8 Å². The van der Waals surface area contributed by atoms with E-state index in [9.17, 15) is 15.3 Å². The van der Waals surface area contributed by atoms with Gasteiger partial charge in [0.2, 0.25) is 5.17 Å². The van der Waals surface area contributed by atoms with Gasteiger partial charge in [-0.2, -0.15) is 5.11 Å². The van der Waals surface area contributed by atoms with Crippen LogP contribution < -0.4 is 0 Å². The summed E-state index contributed by atoms with van der Waals surface area (Å²) in [4.78, 5) is 3.87. The third-order valence-electron chi connectivity index (χ3n) is 2.82. The largest absolute Gasteiger partial charge is 0.395 e. The van der Waals surface area contributed by atoms with Crippen molar-refractivity contribution in [2.24, 2.45) is 15.2 Å². The molecule has 0 aromatic rings. The Bertz CT molecular complexity index is 402. The van der Waals surface area contributed by atoms with E-state index in [4.69, 9.17) is 5.11 Å². The Labute approximate surface area is 119 Å². The Morgan fingerprint density at radius 1 is 1.21 bits per heavy atom. The van der Waals surface area contributed by atoms with Crippen molar-refractivity contribution in [3.05, 3.63) is 0 Å². The standard InChI is InChI=1S/C10H17N3O4S2/c1-10(2)13-12-9(19-10)11-8-7(17)6(16)5(15)4(3-14)18-8/h4-8,14-17H,3H2,1-2H3/b11-9+/t4-,5-,6+,7-,8-/m1/s1. The van der Waals surface area contributed by atoms with Gasteiger partial charge in [-0.1, -0.05) is 11.8 Å². The Balaban J connectivity index is 2.12. The van der Waals surface area contributed by atoms with Crippen LogP contribution in [0.15, 0.2) is 15.2 Å². The van der Waals surface area contributed by atoms with E-state index in [1.54, 1.807) is 0 Å². The Morgan fingerprint density at radius 2 is 1.89 bits per heavy atom. The van der Waals surface area contributed by atoms with Gasteiger partial charge in [0.25, 0.3) is 0 Å². The Hall–Kier alpha value is -0.190. The van der Waals surface area contributed by atoms with E-state index in [-0.39, 0.29) is 11.5 Å². The summed E-state index contributed by atoms with van der Waals surface area (Å²) in [6.45, 7) is 3.49. The smallest absolute Gasteiger partial charge is 0.207 e. The highest BCUT2D eigenvalue weighted by Gasteiger charge is 2.43. The number of rotatable bonds is 2. The summed E-state index contributed by atoms with van der Waals surface area (Å²) in [5.74, 6) is 0. The van der Waals surface area contributed by atoms with Gasteiger partial charge in [-0.15, -0.1) is 16.9 Å². The maximum Gasteiger partial charge on any atom is 0.207 e. The fourth-order valence-electron chi connectivity index (χ4n) is 1.78. The second kappa shape index (κ2) is 5.66. The van der Waals surface area contributed by atoms with Crippen LogP contribution >= 0.6 is 23.5 Å². The number of hydrogen-bond acceptors (Lipinski definition) is 8. The number of aliphatic hydroxyl groups excluding tert-OH is 4. The zero-order valence-corrected chi connectivity index (χ0v) is 12.2. The van der Waals surface area contributed by atoms with Crippen molar-refractivity contribution in [2.45, 2.75) is 47.7 Å². The molecule has 7 nitrogen and oxygen atoms in total. The van der Waals surface area contributed by atoms with E-state index >= 15 is 0 Å². The zero-order chi connectivity index (χ0) is 14.2. The first-order chi connectivity index (χ1) is 8.84. The van der Waals surface area contributed by atoms with Crippen molar-refractivity contribution < 1.29 is 20.4 Å². The summed E-state index contributed by atoms with van der Waals surface area (Å²) >= 11 is 2.49. The number of aliphatic hydroxyl groups is 4. The molecule has 0 unspecified atom stereocenters. The van der Waals surface area contributed by atoms with E-state index in [2.05, 4.69) is 15.2 Å². The number of azo groups is 1. The number of nitrogens with zero attached hydrogens (tertiary/aromatic N) is 3. The second-order valence-corrected chi connectivity index (χ2v) is 7.81. The molecule has 0 saturated carbocycles. The van der Waals surface area contributed by atoms with Crippen molar-refractivity contribution in [3.8, 4) is 0 Å². The van der Waals surface area contributed by atoms with E-state index in [1.165, 1.54) is 11.8 Å². The third kappa shape index (κ3) is 3.29. The molecule has 1 saturated heterocycles. The zero-order valence-electron chi connectivity index (χ0n) is 10.5. The lowest BCUT2D eigenvalue weighted by molar-refractivity contribution is -0.0688. The normalized spacial score (nSPS) is 43.9. The predicted octanol–water partition coefficient (Wildman–Crippen LogP) is -0.206. The molecule has 0 radical (unpaired) electrons. The number of amidine groups is 1. The first-order valence-corrected chi connectivity index (χ1v) is 7.60. The lowest BCUT2D eigenvalue weighted by Gasteiger charge is -2.37. The highest BCUT2D eigenvalue weighted by atomic mass is 32.2. The minimum absolute atomic E-state index is 0.295. The van der Waals surface area contributed by atoms with Crippen molar-refractivity contribution in [3.63, 3.8) is 0 Å². The molecular weight excluding hydrogens is 290 g/mol. The van der Waals surface area contributed by atoms with Gasteiger partial charge in [-0.3, -0.25) is 0 Å². The fraction of sp³-hybridized carbons (Fsp3) is 0.900. The molecular formula is C10H17N3O4S2. The maximum atomic E-state index is 9.91. The predicted molar refractivity (Wildman–Crippen MR) is 74.2 cm³/mol. The molecule has 4 N–H and O–H groups in total. The van der Waals surface area contributed by atoms with Crippen LogP contribution in [-0.4, -0.2) is 66.0 Å². The molecule has 0 bridgehead atoms. The second-order valence-electron chi connectivity index (χ2n) is 4.88. The van der Waals surface area contributed by atoms with Crippen molar-refractivity contribution in [1.82, 2.24) is 0 Å². The molecule has 108 valence electrons. The van der Waals surface area contributed by atoms with E-state index in [0.717, 1.165) is 11.8 Å². The third-order valence-corrected chi connectivity index (χ3v) is 5.21. The minimum atomic E-state index is -1.33. The monoisotopic (exact) mass is 307 g/mol. The maximum absolute atomic E-state index is 9.91. The molecule has 2 rings (SSSR count). The first kappa shape index (κ1) is 15.2. The molecule has 2 aliphatic rings. The lowest BCUT2D eigenvalue weighted by atomic mass is 10.0. The minimum Gasteiger partial charge on any atom is -0.395 e. The van der Waals surface area contributed by atoms with Crippen LogP contribution in [0.25, 0.3) is 0 Å². The fourth-order valence-corrected chi connectivity index (χ4v) is 3.87. The summed E-state index contributed by atoms with van der Waals surface area (Å²) in [6, 6.07) is 0. The summed E-state index contributed by atoms with van der Waals surface area (Å²) in [5, 5.41) is 45.6. The topological polar surface area (TPSA) is 118 Å². The molecule has 1 fully saturated rings. The van der Waals surface area contributed by atoms with Crippen molar-refractivity contribution >= 4 is 28.7 Å². The van der Waals surface area contributed by atoms with Gasteiger partial charge in [0, 0.05) is 0 Å². The number of thioether (sulfide) groups is 2. The molecule has 5 atom stereocenters. The summed E-state index contributed by atoms with van der Waals surface area (Å²) in [6.07, 6.45) is -3.70. The molecule has 2 aliphatic heterocycles. The molecule has 0 spiro atoms. The van der Waals surface area contributed by atoms with Crippen LogP contribution in [-0.2, 0) is 0 Å². The van der Waals surface area contributed by atoms with E-state index in [1.807, 2.05) is 13.8 Å². The summed E-state index contributed by atoms with van der Waals surface area (Å²) in [7, 11) is 0.